The van der Waals surface area contributed by atoms with Gasteiger partial charge in [-0.25, -0.2) is 0 Å². The van der Waals surface area contributed by atoms with Crippen molar-refractivity contribution < 1.29 is 14.9 Å². The molecule has 0 bridgehead atoms. The van der Waals surface area contributed by atoms with Crippen molar-refractivity contribution in [3.8, 4) is 0 Å². The van der Waals surface area contributed by atoms with Crippen molar-refractivity contribution in [2.24, 2.45) is 46.8 Å². The summed E-state index contributed by atoms with van der Waals surface area (Å²) in [4.78, 5) is 0. The molecule has 5 aliphatic rings. The molecule has 3 heteroatoms. The molecule has 2 N–H and O–H groups in total. The van der Waals surface area contributed by atoms with Crippen molar-refractivity contribution in [1.29, 1.82) is 0 Å². The van der Waals surface area contributed by atoms with Crippen LogP contribution in [0, 0.1) is 46.8 Å². The third kappa shape index (κ3) is 3.26. The lowest BCUT2D eigenvalue weighted by Crippen LogP contribution is -2.49. The van der Waals surface area contributed by atoms with Gasteiger partial charge in [0.1, 0.15) is 0 Å². The van der Waals surface area contributed by atoms with Gasteiger partial charge in [-0.3, -0.25) is 0 Å². The van der Waals surface area contributed by atoms with E-state index >= 15 is 0 Å². The summed E-state index contributed by atoms with van der Waals surface area (Å²) >= 11 is 0. The Kier molecular flexibility index (Phi) is 5.40. The summed E-state index contributed by atoms with van der Waals surface area (Å²) in [5, 5.41) is 19.8. The third-order valence-electron chi connectivity index (χ3n) is 10.4. The molecule has 1 aliphatic heterocycles. The Hall–Kier alpha value is -0.380. The molecule has 3 nitrogen and oxygen atoms in total. The van der Waals surface area contributed by atoms with Crippen LogP contribution in [0.1, 0.15) is 78.6 Å². The van der Waals surface area contributed by atoms with Gasteiger partial charge in [-0.2, -0.15) is 0 Å². The minimum Gasteiger partial charge on any atom is -0.394 e. The van der Waals surface area contributed by atoms with Gasteiger partial charge in [0.25, 0.3) is 0 Å². The SMILES string of the molecule is CC1CC(O)CC2=CCC3C(CCC4(C)C(C(C)C5CCC(CO)O5)CCC34)C21. The first-order valence-corrected chi connectivity index (χ1v) is 12.6. The molecule has 11 unspecified atom stereocenters. The standard InChI is InChI=1S/C26H42O3/c1-15-12-18(28)13-17-4-6-20-21(25(15)17)10-11-26(3)22(7-8-23(20)26)16(2)24-9-5-19(14-27)29-24/h4,15-16,18-25,27-28H,5-14H2,1-3H3. The molecule has 0 aromatic carbocycles. The summed E-state index contributed by atoms with van der Waals surface area (Å²) in [6.45, 7) is 7.64. The average Bonchev–Trinajstić information content (AvgIpc) is 3.31. The molecule has 0 aromatic heterocycles. The Morgan fingerprint density at radius 1 is 1.17 bits per heavy atom. The van der Waals surface area contributed by atoms with Crippen LogP contribution in [0.15, 0.2) is 11.6 Å². The number of fused-ring (bicyclic) bond motifs is 5. The lowest BCUT2D eigenvalue weighted by atomic mass is 9.50. The summed E-state index contributed by atoms with van der Waals surface area (Å²) in [5.74, 6) is 5.32. The van der Waals surface area contributed by atoms with E-state index in [-0.39, 0.29) is 18.8 Å². The molecule has 5 rings (SSSR count). The first-order valence-electron chi connectivity index (χ1n) is 12.6. The number of hydrogen-bond acceptors (Lipinski definition) is 3. The summed E-state index contributed by atoms with van der Waals surface area (Å²) in [5.41, 5.74) is 2.06. The van der Waals surface area contributed by atoms with E-state index in [0.717, 1.165) is 55.3 Å². The maximum Gasteiger partial charge on any atom is 0.0810 e. The normalized spacial score (nSPS) is 53.0. The molecule has 0 aromatic rings. The molecule has 0 amide bonds. The molecular weight excluding hydrogens is 360 g/mol. The van der Waals surface area contributed by atoms with E-state index < -0.39 is 0 Å². The highest BCUT2D eigenvalue weighted by Crippen LogP contribution is 2.65. The van der Waals surface area contributed by atoms with Crippen LogP contribution in [-0.2, 0) is 4.74 Å². The number of aliphatic hydroxyl groups is 2. The minimum atomic E-state index is -0.108. The van der Waals surface area contributed by atoms with Gasteiger partial charge < -0.3 is 14.9 Å². The van der Waals surface area contributed by atoms with Crippen LogP contribution in [-0.4, -0.2) is 35.1 Å². The molecule has 11 atom stereocenters. The number of allylic oxidation sites excluding steroid dienone is 1. The van der Waals surface area contributed by atoms with E-state index in [1.807, 2.05) is 0 Å². The fourth-order valence-corrected chi connectivity index (χ4v) is 9.16. The van der Waals surface area contributed by atoms with Gasteiger partial charge in [0.2, 0.25) is 0 Å². The van der Waals surface area contributed by atoms with Crippen molar-refractivity contribution in [2.45, 2.75) is 96.9 Å². The van der Waals surface area contributed by atoms with Crippen LogP contribution in [0.4, 0.5) is 0 Å². The first kappa shape index (κ1) is 20.5. The third-order valence-corrected chi connectivity index (χ3v) is 10.4. The highest BCUT2D eigenvalue weighted by molar-refractivity contribution is 5.21. The van der Waals surface area contributed by atoms with Gasteiger partial charge in [0.15, 0.2) is 0 Å². The van der Waals surface area contributed by atoms with Gasteiger partial charge in [0.05, 0.1) is 24.9 Å². The van der Waals surface area contributed by atoms with Crippen LogP contribution < -0.4 is 0 Å². The summed E-state index contributed by atoms with van der Waals surface area (Å²) in [6, 6.07) is 0. The summed E-state index contributed by atoms with van der Waals surface area (Å²) in [6.07, 6.45) is 13.7. The Morgan fingerprint density at radius 2 is 2.00 bits per heavy atom. The van der Waals surface area contributed by atoms with Crippen molar-refractivity contribution >= 4 is 0 Å². The monoisotopic (exact) mass is 402 g/mol. The smallest absolute Gasteiger partial charge is 0.0810 e. The minimum absolute atomic E-state index is 0.0771. The second kappa shape index (κ2) is 7.64. The number of hydrogen-bond donors (Lipinski definition) is 2. The Balaban J connectivity index is 1.34. The Bertz CT molecular complexity index is 644. The van der Waals surface area contributed by atoms with Gasteiger partial charge >= 0.3 is 0 Å². The zero-order chi connectivity index (χ0) is 20.3. The van der Waals surface area contributed by atoms with Crippen molar-refractivity contribution in [3.63, 3.8) is 0 Å². The molecule has 4 fully saturated rings. The van der Waals surface area contributed by atoms with E-state index in [4.69, 9.17) is 4.74 Å². The van der Waals surface area contributed by atoms with Crippen LogP contribution in [0.25, 0.3) is 0 Å². The number of aliphatic hydroxyl groups excluding tert-OH is 2. The number of rotatable bonds is 3. The van der Waals surface area contributed by atoms with Gasteiger partial charge in [-0.05, 0) is 105 Å². The molecular formula is C26H42O3. The topological polar surface area (TPSA) is 49.7 Å². The van der Waals surface area contributed by atoms with E-state index in [1.165, 1.54) is 32.1 Å². The van der Waals surface area contributed by atoms with Gasteiger partial charge in [0, 0.05) is 0 Å². The van der Waals surface area contributed by atoms with Crippen LogP contribution >= 0.6 is 0 Å². The fraction of sp³-hybridized carbons (Fsp3) is 0.923. The molecule has 3 saturated carbocycles. The second-order valence-electron chi connectivity index (χ2n) is 11.7. The molecule has 4 aliphatic carbocycles. The van der Waals surface area contributed by atoms with Crippen molar-refractivity contribution in [1.82, 2.24) is 0 Å². The average molecular weight is 403 g/mol. The van der Waals surface area contributed by atoms with Gasteiger partial charge in [-0.1, -0.05) is 32.4 Å². The van der Waals surface area contributed by atoms with Crippen LogP contribution in [0.5, 0.6) is 0 Å². The molecule has 0 spiro atoms. The lowest BCUT2D eigenvalue weighted by molar-refractivity contribution is -0.0698. The second-order valence-corrected chi connectivity index (χ2v) is 11.7. The summed E-state index contributed by atoms with van der Waals surface area (Å²) in [7, 11) is 0. The predicted octanol–water partition coefficient (Wildman–Crippen LogP) is 4.96. The lowest BCUT2D eigenvalue weighted by Gasteiger charge is -2.55. The maximum atomic E-state index is 10.3. The Labute approximate surface area is 177 Å². The quantitative estimate of drug-likeness (QED) is 0.656. The highest BCUT2D eigenvalue weighted by Gasteiger charge is 2.58. The zero-order valence-corrected chi connectivity index (χ0v) is 18.7. The molecule has 164 valence electrons. The van der Waals surface area contributed by atoms with Crippen molar-refractivity contribution in [2.75, 3.05) is 6.61 Å². The zero-order valence-electron chi connectivity index (χ0n) is 18.7. The summed E-state index contributed by atoms with van der Waals surface area (Å²) < 4.78 is 6.23. The van der Waals surface area contributed by atoms with E-state index in [0.29, 0.717) is 23.4 Å². The van der Waals surface area contributed by atoms with E-state index in [1.54, 1.807) is 5.57 Å². The Morgan fingerprint density at radius 3 is 2.76 bits per heavy atom. The maximum absolute atomic E-state index is 10.3. The molecule has 29 heavy (non-hydrogen) atoms. The van der Waals surface area contributed by atoms with E-state index in [9.17, 15) is 10.2 Å². The van der Waals surface area contributed by atoms with Gasteiger partial charge in [-0.15, -0.1) is 0 Å². The molecule has 1 saturated heterocycles. The molecule has 0 radical (unpaired) electrons. The van der Waals surface area contributed by atoms with E-state index in [2.05, 4.69) is 26.8 Å². The number of ether oxygens (including phenoxy) is 1. The van der Waals surface area contributed by atoms with Crippen LogP contribution in [0.3, 0.4) is 0 Å². The predicted molar refractivity (Wildman–Crippen MR) is 115 cm³/mol. The van der Waals surface area contributed by atoms with Crippen molar-refractivity contribution in [3.05, 3.63) is 11.6 Å². The highest BCUT2D eigenvalue weighted by atomic mass is 16.5. The molecule has 1 heterocycles. The largest absolute Gasteiger partial charge is 0.394 e. The van der Waals surface area contributed by atoms with Crippen LogP contribution in [0.2, 0.25) is 0 Å². The fourth-order valence-electron chi connectivity index (χ4n) is 9.16. The first-order chi connectivity index (χ1) is 13.9.